The Morgan fingerprint density at radius 1 is 1.11 bits per heavy atom. The number of aromatic nitrogens is 3. The van der Waals surface area contributed by atoms with Crippen LogP contribution in [0.5, 0.6) is 5.75 Å². The molecule has 0 unspecified atom stereocenters. The smallest absolute Gasteiger partial charge is 0.269 e. The molecule has 1 heterocycles. The van der Waals surface area contributed by atoms with Crippen molar-refractivity contribution in [3.8, 4) is 5.75 Å². The topological polar surface area (TPSA) is 141 Å². The molecule has 1 atom stereocenters. The highest BCUT2D eigenvalue weighted by atomic mass is 32.2. The number of nitro groups is 1. The molecule has 0 radical (unpaired) electrons. The number of thioether (sulfide) groups is 1. The minimum Gasteiger partial charge on any atom is -0.481 e. The van der Waals surface area contributed by atoms with Crippen LogP contribution in [0.4, 0.5) is 11.4 Å². The van der Waals surface area contributed by atoms with Crippen LogP contribution in [0.15, 0.2) is 53.7 Å². The first kappa shape index (κ1) is 26.7. The minimum absolute atomic E-state index is 0.0513. The monoisotopic (exact) mass is 512 g/mol. The number of nitrogens with zero attached hydrogens (tertiary/aromatic N) is 4. The zero-order valence-corrected chi connectivity index (χ0v) is 21.1. The zero-order chi connectivity index (χ0) is 26.1. The third-order valence-electron chi connectivity index (χ3n) is 5.24. The molecule has 0 saturated carbocycles. The van der Waals surface area contributed by atoms with Crippen molar-refractivity contribution in [1.82, 2.24) is 20.1 Å². The van der Waals surface area contributed by atoms with Gasteiger partial charge in [-0.3, -0.25) is 19.7 Å². The Kier molecular flexibility index (Phi) is 9.39. The number of carbonyl (C=O) groups excluding carboxylic acids is 2. The summed E-state index contributed by atoms with van der Waals surface area (Å²) in [5.74, 6) is 0.688. The second-order valence-electron chi connectivity index (χ2n) is 7.76. The predicted molar refractivity (Wildman–Crippen MR) is 136 cm³/mol. The van der Waals surface area contributed by atoms with E-state index < -0.39 is 11.0 Å². The number of amides is 2. The number of carbonyl (C=O) groups is 2. The molecule has 0 aliphatic heterocycles. The number of hydrogen-bond donors (Lipinski definition) is 2. The number of rotatable bonds is 12. The van der Waals surface area contributed by atoms with Crippen LogP contribution in [-0.2, 0) is 29.1 Å². The molecule has 3 aromatic rings. The summed E-state index contributed by atoms with van der Waals surface area (Å²) in [6.07, 6.45) is 0.242. The van der Waals surface area contributed by atoms with E-state index in [1.54, 1.807) is 6.92 Å². The van der Waals surface area contributed by atoms with E-state index in [-0.39, 0.29) is 29.8 Å². The Morgan fingerprint density at radius 3 is 2.42 bits per heavy atom. The van der Waals surface area contributed by atoms with Gasteiger partial charge in [-0.1, -0.05) is 30.8 Å². The highest BCUT2D eigenvalue weighted by Crippen LogP contribution is 2.19. The van der Waals surface area contributed by atoms with E-state index in [9.17, 15) is 19.7 Å². The first-order valence-electron chi connectivity index (χ1n) is 11.4. The lowest BCUT2D eigenvalue weighted by Crippen LogP contribution is -2.36. The van der Waals surface area contributed by atoms with Crippen LogP contribution >= 0.6 is 11.8 Å². The molecule has 2 amide bonds. The van der Waals surface area contributed by atoms with Crippen LogP contribution in [0.2, 0.25) is 0 Å². The van der Waals surface area contributed by atoms with Gasteiger partial charge in [-0.15, -0.1) is 10.2 Å². The van der Waals surface area contributed by atoms with Crippen molar-refractivity contribution in [2.75, 3.05) is 11.1 Å². The number of hydrogen-bond acceptors (Lipinski definition) is 8. The van der Waals surface area contributed by atoms with Crippen LogP contribution in [0.1, 0.15) is 32.2 Å². The standard InChI is InChI=1S/C24H28N6O5S/c1-4-17-6-12-20(13-7-17)35-16(3)23(32)25-14-21-27-28-24(29(21)5-2)36-15-22(31)26-18-8-10-19(11-9-18)30(33)34/h6-13,16H,4-5,14-15H2,1-3H3,(H,25,32)(H,26,31)/t16-/m1/s1. The van der Waals surface area contributed by atoms with Crippen LogP contribution in [0.3, 0.4) is 0 Å². The van der Waals surface area contributed by atoms with Gasteiger partial charge in [0.1, 0.15) is 5.75 Å². The van der Waals surface area contributed by atoms with Crippen LogP contribution < -0.4 is 15.4 Å². The van der Waals surface area contributed by atoms with Crippen LogP contribution in [0, 0.1) is 10.1 Å². The molecule has 3 rings (SSSR count). The van der Waals surface area contributed by atoms with E-state index in [4.69, 9.17) is 4.74 Å². The quantitative estimate of drug-likeness (QED) is 0.213. The second kappa shape index (κ2) is 12.7. The van der Waals surface area contributed by atoms with Crippen molar-refractivity contribution in [2.45, 2.75) is 51.5 Å². The van der Waals surface area contributed by atoms with Crippen LogP contribution in [0.25, 0.3) is 0 Å². The minimum atomic E-state index is -0.688. The van der Waals surface area contributed by atoms with E-state index in [0.29, 0.717) is 29.0 Å². The van der Waals surface area contributed by atoms with E-state index in [1.807, 2.05) is 35.8 Å². The molecular weight excluding hydrogens is 484 g/mol. The van der Waals surface area contributed by atoms with Gasteiger partial charge in [0.25, 0.3) is 11.6 Å². The molecule has 0 spiro atoms. The first-order valence-corrected chi connectivity index (χ1v) is 12.4. The highest BCUT2D eigenvalue weighted by molar-refractivity contribution is 7.99. The molecule has 0 aliphatic carbocycles. The Hall–Kier alpha value is -3.93. The predicted octanol–water partition coefficient (Wildman–Crippen LogP) is 3.58. The Labute approximate surface area is 212 Å². The van der Waals surface area contributed by atoms with Gasteiger partial charge in [-0.2, -0.15) is 0 Å². The van der Waals surface area contributed by atoms with Crippen molar-refractivity contribution in [3.63, 3.8) is 0 Å². The summed E-state index contributed by atoms with van der Waals surface area (Å²) in [4.78, 5) is 35.0. The lowest BCUT2D eigenvalue weighted by Gasteiger charge is -2.15. The fourth-order valence-corrected chi connectivity index (χ4v) is 4.06. The number of ether oxygens (including phenoxy) is 1. The van der Waals surface area contributed by atoms with Gasteiger partial charge in [0.15, 0.2) is 17.1 Å². The Bertz CT molecular complexity index is 1200. The summed E-state index contributed by atoms with van der Waals surface area (Å²) >= 11 is 1.20. The van der Waals surface area contributed by atoms with E-state index >= 15 is 0 Å². The summed E-state index contributed by atoms with van der Waals surface area (Å²) < 4.78 is 7.54. The fourth-order valence-electron chi connectivity index (χ4n) is 3.24. The number of aryl methyl sites for hydroxylation is 1. The summed E-state index contributed by atoms with van der Waals surface area (Å²) in [6.45, 7) is 6.39. The van der Waals surface area contributed by atoms with Gasteiger partial charge in [-0.25, -0.2) is 0 Å². The molecule has 190 valence electrons. The van der Waals surface area contributed by atoms with Crippen LogP contribution in [-0.4, -0.2) is 43.4 Å². The molecule has 11 nitrogen and oxygen atoms in total. The average molecular weight is 513 g/mol. The average Bonchev–Trinajstić information content (AvgIpc) is 3.28. The second-order valence-corrected chi connectivity index (χ2v) is 8.70. The van der Waals surface area contributed by atoms with E-state index in [2.05, 4.69) is 27.8 Å². The lowest BCUT2D eigenvalue weighted by molar-refractivity contribution is -0.384. The zero-order valence-electron chi connectivity index (χ0n) is 20.3. The molecule has 0 fully saturated rings. The summed E-state index contributed by atoms with van der Waals surface area (Å²) in [7, 11) is 0. The molecule has 2 N–H and O–H groups in total. The third-order valence-corrected chi connectivity index (χ3v) is 6.21. The maximum absolute atomic E-state index is 12.5. The Balaban J connectivity index is 1.50. The number of benzene rings is 2. The van der Waals surface area contributed by atoms with Gasteiger partial charge in [-0.05, 0) is 50.1 Å². The van der Waals surface area contributed by atoms with Crippen molar-refractivity contribution >= 4 is 35.0 Å². The lowest BCUT2D eigenvalue weighted by atomic mass is 10.2. The maximum atomic E-state index is 12.5. The molecule has 1 aromatic heterocycles. The van der Waals surface area contributed by atoms with Crippen molar-refractivity contribution in [1.29, 1.82) is 0 Å². The Morgan fingerprint density at radius 2 is 1.81 bits per heavy atom. The number of anilines is 1. The van der Waals surface area contributed by atoms with E-state index in [0.717, 1.165) is 6.42 Å². The molecule has 0 bridgehead atoms. The number of nitrogens with one attached hydrogen (secondary N) is 2. The van der Waals surface area contributed by atoms with Crippen molar-refractivity contribution < 1.29 is 19.2 Å². The van der Waals surface area contributed by atoms with E-state index in [1.165, 1.54) is 41.6 Å². The maximum Gasteiger partial charge on any atom is 0.269 e. The van der Waals surface area contributed by atoms with Gasteiger partial charge < -0.3 is 19.9 Å². The largest absolute Gasteiger partial charge is 0.481 e. The first-order chi connectivity index (χ1) is 17.3. The number of non-ortho nitro benzene ring substituents is 1. The molecule has 0 aliphatic rings. The summed E-state index contributed by atoms with van der Waals surface area (Å²) in [6, 6.07) is 13.2. The normalized spacial score (nSPS) is 11.5. The number of nitro benzene ring substituents is 1. The third kappa shape index (κ3) is 7.28. The fraction of sp³-hybridized carbons (Fsp3) is 0.333. The molecule has 12 heteroatoms. The van der Waals surface area contributed by atoms with Crippen molar-refractivity contribution in [2.24, 2.45) is 0 Å². The van der Waals surface area contributed by atoms with Gasteiger partial charge >= 0.3 is 0 Å². The highest BCUT2D eigenvalue weighted by Gasteiger charge is 2.18. The van der Waals surface area contributed by atoms with Crippen molar-refractivity contribution in [3.05, 3.63) is 70.0 Å². The van der Waals surface area contributed by atoms with Gasteiger partial charge in [0.05, 0.1) is 17.2 Å². The molecule has 36 heavy (non-hydrogen) atoms. The summed E-state index contributed by atoms with van der Waals surface area (Å²) in [5.41, 5.74) is 1.60. The molecule has 2 aromatic carbocycles. The SMILES string of the molecule is CCc1ccc(O[C@H](C)C(=O)NCc2nnc(SCC(=O)Nc3ccc([N+](=O)[O-])cc3)n2CC)cc1. The summed E-state index contributed by atoms with van der Waals surface area (Å²) in [5, 5.41) is 25.1. The molecular formula is C24H28N6O5S. The van der Waals surface area contributed by atoms with Gasteiger partial charge in [0, 0.05) is 24.4 Å². The van der Waals surface area contributed by atoms with Gasteiger partial charge in [0.2, 0.25) is 5.91 Å². The molecule has 0 saturated heterocycles.